The van der Waals surface area contributed by atoms with Gasteiger partial charge in [-0.3, -0.25) is 14.2 Å². The summed E-state index contributed by atoms with van der Waals surface area (Å²) in [6.45, 7) is 4.12. The zero-order valence-corrected chi connectivity index (χ0v) is 12.5. The fourth-order valence-corrected chi connectivity index (χ4v) is 2.72. The van der Waals surface area contributed by atoms with E-state index in [0.29, 0.717) is 0 Å². The molecule has 0 radical (unpaired) electrons. The summed E-state index contributed by atoms with van der Waals surface area (Å²) in [5.74, 6) is 0.0720. The first kappa shape index (κ1) is 14.6. The lowest BCUT2D eigenvalue weighted by atomic mass is 10.1. The summed E-state index contributed by atoms with van der Waals surface area (Å²) < 4.78 is 1.98. The van der Waals surface area contributed by atoms with Crippen LogP contribution >= 0.6 is 11.8 Å². The fourth-order valence-electron chi connectivity index (χ4n) is 1.96. The van der Waals surface area contributed by atoms with Crippen LogP contribution in [0.1, 0.15) is 11.1 Å². The Hall–Kier alpha value is -1.79. The number of thioether (sulfide) groups is 1. The van der Waals surface area contributed by atoms with Crippen LogP contribution in [0.25, 0.3) is 5.69 Å². The number of nitrogens with zero attached hydrogens (tertiary/aromatic N) is 2. The highest BCUT2D eigenvalue weighted by atomic mass is 32.2. The van der Waals surface area contributed by atoms with Crippen LogP contribution in [-0.2, 0) is 9.63 Å². The second kappa shape index (κ2) is 6.58. The number of carbonyl (C=O) groups is 1. The number of benzene rings is 1. The highest BCUT2D eigenvalue weighted by Gasteiger charge is 2.09. The van der Waals surface area contributed by atoms with Gasteiger partial charge in [0.2, 0.25) is 0 Å². The molecular formula is C14H17N3O2S. The van der Waals surface area contributed by atoms with Crippen molar-refractivity contribution in [1.82, 2.24) is 15.0 Å². The molecule has 0 atom stereocenters. The lowest BCUT2D eigenvalue weighted by molar-refractivity contribution is -0.128. The van der Waals surface area contributed by atoms with Crippen LogP contribution in [0.3, 0.4) is 0 Å². The smallest absolute Gasteiger partial charge is 0.253 e. The third kappa shape index (κ3) is 3.61. The van der Waals surface area contributed by atoms with Crippen LogP contribution in [0.5, 0.6) is 0 Å². The van der Waals surface area contributed by atoms with E-state index in [9.17, 15) is 4.79 Å². The number of hydrogen-bond donors (Lipinski definition) is 1. The molecule has 0 aliphatic heterocycles. The molecule has 0 spiro atoms. The summed E-state index contributed by atoms with van der Waals surface area (Å²) in [7, 11) is 1.42. The van der Waals surface area contributed by atoms with Crippen molar-refractivity contribution in [3.63, 3.8) is 0 Å². The molecule has 1 heterocycles. The average molecular weight is 291 g/mol. The number of imidazole rings is 1. The summed E-state index contributed by atoms with van der Waals surface area (Å²) in [4.78, 5) is 20.3. The third-order valence-electron chi connectivity index (χ3n) is 2.64. The lowest BCUT2D eigenvalue weighted by Gasteiger charge is -2.09. The number of amides is 1. The Kier molecular flexibility index (Phi) is 4.81. The Labute approximate surface area is 122 Å². The molecule has 2 aromatic rings. The summed E-state index contributed by atoms with van der Waals surface area (Å²) in [5.41, 5.74) is 5.73. The number of nitrogens with one attached hydrogen (secondary N) is 1. The molecule has 6 heteroatoms. The number of rotatable bonds is 5. The minimum atomic E-state index is -0.188. The zero-order valence-electron chi connectivity index (χ0n) is 11.7. The van der Waals surface area contributed by atoms with Crippen LogP contribution in [0.15, 0.2) is 35.7 Å². The van der Waals surface area contributed by atoms with Crippen molar-refractivity contribution in [2.75, 3.05) is 12.9 Å². The zero-order chi connectivity index (χ0) is 14.5. The molecule has 106 valence electrons. The highest BCUT2D eigenvalue weighted by Crippen LogP contribution is 2.21. The molecule has 1 N–H and O–H groups in total. The van der Waals surface area contributed by atoms with E-state index in [2.05, 4.69) is 47.3 Å². The standard InChI is InChI=1S/C14H17N3O2S/c1-10-6-11(2)8-12(7-10)17-5-4-15-14(17)20-9-13(18)16-19-3/h4-8H,9H2,1-3H3,(H,16,18). The predicted molar refractivity (Wildman–Crippen MR) is 78.9 cm³/mol. The molecule has 0 aliphatic carbocycles. The Balaban J connectivity index is 2.17. The Bertz CT molecular complexity index is 590. The predicted octanol–water partition coefficient (Wildman–Crippen LogP) is 2.26. The minimum Gasteiger partial charge on any atom is -0.295 e. The molecule has 1 aromatic carbocycles. The molecule has 2 rings (SSSR count). The quantitative estimate of drug-likeness (QED) is 0.678. The fraction of sp³-hybridized carbons (Fsp3) is 0.286. The maximum absolute atomic E-state index is 11.4. The van der Waals surface area contributed by atoms with E-state index < -0.39 is 0 Å². The van der Waals surface area contributed by atoms with Gasteiger partial charge in [-0.05, 0) is 37.1 Å². The number of carbonyl (C=O) groups excluding carboxylic acids is 1. The molecule has 0 saturated carbocycles. The normalized spacial score (nSPS) is 10.6. The van der Waals surface area contributed by atoms with Gasteiger partial charge >= 0.3 is 0 Å². The van der Waals surface area contributed by atoms with Crippen LogP contribution in [0.4, 0.5) is 0 Å². The summed E-state index contributed by atoms with van der Waals surface area (Å²) >= 11 is 1.37. The maximum atomic E-state index is 11.4. The van der Waals surface area contributed by atoms with E-state index in [-0.39, 0.29) is 11.7 Å². The monoisotopic (exact) mass is 291 g/mol. The van der Waals surface area contributed by atoms with Crippen LogP contribution in [0.2, 0.25) is 0 Å². The largest absolute Gasteiger partial charge is 0.295 e. The Morgan fingerprint density at radius 2 is 2.05 bits per heavy atom. The van der Waals surface area contributed by atoms with E-state index >= 15 is 0 Å². The van der Waals surface area contributed by atoms with Crippen molar-refractivity contribution in [3.05, 3.63) is 41.7 Å². The molecule has 20 heavy (non-hydrogen) atoms. The molecule has 0 aliphatic rings. The molecule has 0 bridgehead atoms. The number of hydroxylamine groups is 1. The second-order valence-corrected chi connectivity index (χ2v) is 5.39. The van der Waals surface area contributed by atoms with Crippen LogP contribution in [-0.4, -0.2) is 28.3 Å². The van der Waals surface area contributed by atoms with Gasteiger partial charge in [-0.2, -0.15) is 0 Å². The van der Waals surface area contributed by atoms with Crippen molar-refractivity contribution in [1.29, 1.82) is 0 Å². The number of aromatic nitrogens is 2. The SMILES string of the molecule is CONC(=O)CSc1nccn1-c1cc(C)cc(C)c1. The van der Waals surface area contributed by atoms with Gasteiger partial charge in [-0.1, -0.05) is 17.8 Å². The van der Waals surface area contributed by atoms with Crippen molar-refractivity contribution < 1.29 is 9.63 Å². The second-order valence-electron chi connectivity index (χ2n) is 4.44. The first-order chi connectivity index (χ1) is 9.60. The molecule has 0 unspecified atom stereocenters. The van der Waals surface area contributed by atoms with E-state index in [1.807, 2.05) is 10.8 Å². The molecule has 1 amide bonds. The van der Waals surface area contributed by atoms with Gasteiger partial charge in [0.15, 0.2) is 5.16 Å². The molecule has 0 fully saturated rings. The molecule has 1 aromatic heterocycles. The van der Waals surface area contributed by atoms with E-state index in [0.717, 1.165) is 10.8 Å². The first-order valence-electron chi connectivity index (χ1n) is 6.17. The van der Waals surface area contributed by atoms with Crippen molar-refractivity contribution in [3.8, 4) is 5.69 Å². The van der Waals surface area contributed by atoms with Gasteiger partial charge in [0.1, 0.15) is 0 Å². The summed E-state index contributed by atoms with van der Waals surface area (Å²) in [6, 6.07) is 6.31. The highest BCUT2D eigenvalue weighted by molar-refractivity contribution is 7.99. The van der Waals surface area contributed by atoms with Crippen molar-refractivity contribution in [2.24, 2.45) is 0 Å². The van der Waals surface area contributed by atoms with Gasteiger partial charge < -0.3 is 0 Å². The lowest BCUT2D eigenvalue weighted by Crippen LogP contribution is -2.23. The van der Waals surface area contributed by atoms with Gasteiger partial charge in [-0.15, -0.1) is 0 Å². The van der Waals surface area contributed by atoms with Crippen molar-refractivity contribution in [2.45, 2.75) is 19.0 Å². The number of aryl methyl sites for hydroxylation is 2. The summed E-state index contributed by atoms with van der Waals surface area (Å²) in [6.07, 6.45) is 3.62. The Morgan fingerprint density at radius 3 is 2.70 bits per heavy atom. The molecular weight excluding hydrogens is 274 g/mol. The first-order valence-corrected chi connectivity index (χ1v) is 7.15. The van der Waals surface area contributed by atoms with Gasteiger partial charge in [0.25, 0.3) is 5.91 Å². The minimum absolute atomic E-state index is 0.188. The van der Waals surface area contributed by atoms with E-state index in [1.165, 1.54) is 30.0 Å². The Morgan fingerprint density at radius 1 is 1.35 bits per heavy atom. The van der Waals surface area contributed by atoms with Crippen LogP contribution < -0.4 is 5.48 Å². The summed E-state index contributed by atoms with van der Waals surface area (Å²) in [5, 5.41) is 0.779. The molecule has 5 nitrogen and oxygen atoms in total. The van der Waals surface area contributed by atoms with E-state index in [1.54, 1.807) is 6.20 Å². The maximum Gasteiger partial charge on any atom is 0.253 e. The third-order valence-corrected chi connectivity index (χ3v) is 3.61. The molecule has 0 saturated heterocycles. The topological polar surface area (TPSA) is 56.1 Å². The number of hydrogen-bond acceptors (Lipinski definition) is 4. The van der Waals surface area contributed by atoms with Gasteiger partial charge in [0.05, 0.1) is 12.9 Å². The van der Waals surface area contributed by atoms with Gasteiger partial charge in [-0.25, -0.2) is 10.5 Å². The van der Waals surface area contributed by atoms with Crippen molar-refractivity contribution >= 4 is 17.7 Å². The average Bonchev–Trinajstić information content (AvgIpc) is 2.84. The van der Waals surface area contributed by atoms with Crippen LogP contribution in [0, 0.1) is 13.8 Å². The van der Waals surface area contributed by atoms with Gasteiger partial charge in [0, 0.05) is 18.1 Å². The van der Waals surface area contributed by atoms with E-state index in [4.69, 9.17) is 0 Å².